The number of piperazine rings is 1. The predicted octanol–water partition coefficient (Wildman–Crippen LogP) is 1.50. The third-order valence-electron chi connectivity index (χ3n) is 5.57. The van der Waals surface area contributed by atoms with Crippen molar-refractivity contribution in [1.82, 2.24) is 24.4 Å². The summed E-state index contributed by atoms with van der Waals surface area (Å²) in [6.07, 6.45) is 5.16. The van der Waals surface area contributed by atoms with Gasteiger partial charge in [0.15, 0.2) is 5.65 Å². The zero-order valence-electron chi connectivity index (χ0n) is 15.5. The van der Waals surface area contributed by atoms with E-state index in [-0.39, 0.29) is 5.92 Å². The van der Waals surface area contributed by atoms with Gasteiger partial charge in [-0.2, -0.15) is 0 Å². The fraction of sp³-hybridized carbons (Fsp3) is 0.632. The third-order valence-corrected chi connectivity index (χ3v) is 5.57. The van der Waals surface area contributed by atoms with Crippen LogP contribution in [-0.2, 0) is 4.79 Å². The molecule has 1 amide bonds. The van der Waals surface area contributed by atoms with Crippen LogP contribution >= 0.6 is 0 Å². The molecule has 0 aliphatic carbocycles. The average molecular weight is 356 g/mol. The summed E-state index contributed by atoms with van der Waals surface area (Å²) in [5, 5.41) is 8.61. The quantitative estimate of drug-likeness (QED) is 0.831. The summed E-state index contributed by atoms with van der Waals surface area (Å²) in [6, 6.07) is 5.91. The van der Waals surface area contributed by atoms with Gasteiger partial charge in [-0.3, -0.25) is 14.1 Å². The van der Waals surface area contributed by atoms with Crippen molar-refractivity contribution in [2.24, 2.45) is 5.92 Å². The van der Waals surface area contributed by atoms with Crippen LogP contribution in [0.3, 0.4) is 0 Å². The van der Waals surface area contributed by atoms with E-state index in [1.807, 2.05) is 28.8 Å². The largest absolute Gasteiger partial charge is 0.340 e. The zero-order chi connectivity index (χ0) is 17.9. The fourth-order valence-corrected chi connectivity index (χ4v) is 4.17. The molecule has 2 aliphatic heterocycles. The van der Waals surface area contributed by atoms with E-state index in [1.54, 1.807) is 0 Å². The number of amides is 1. The van der Waals surface area contributed by atoms with Crippen molar-refractivity contribution in [2.45, 2.75) is 26.2 Å². The Labute approximate surface area is 154 Å². The molecule has 4 heterocycles. The number of rotatable bonds is 4. The van der Waals surface area contributed by atoms with E-state index in [0.29, 0.717) is 5.91 Å². The highest BCUT2D eigenvalue weighted by atomic mass is 16.2. The number of piperidine rings is 1. The fourth-order valence-electron chi connectivity index (χ4n) is 4.17. The number of nitrogens with zero attached hydrogens (tertiary/aromatic N) is 6. The first-order chi connectivity index (χ1) is 12.8. The molecule has 1 atom stereocenters. The second-order valence-corrected chi connectivity index (χ2v) is 7.38. The highest BCUT2D eigenvalue weighted by Gasteiger charge is 2.32. The minimum atomic E-state index is 0.0672. The van der Waals surface area contributed by atoms with Gasteiger partial charge in [0.1, 0.15) is 0 Å². The lowest BCUT2D eigenvalue weighted by molar-refractivity contribution is -0.137. The van der Waals surface area contributed by atoms with Gasteiger partial charge in [0.25, 0.3) is 0 Å². The highest BCUT2D eigenvalue weighted by molar-refractivity contribution is 5.80. The first-order valence-electron chi connectivity index (χ1n) is 9.82. The molecule has 26 heavy (non-hydrogen) atoms. The summed E-state index contributed by atoms with van der Waals surface area (Å²) in [6.45, 7) is 8.76. The van der Waals surface area contributed by atoms with E-state index in [1.165, 1.54) is 6.42 Å². The Hall–Kier alpha value is -2.15. The molecule has 4 rings (SSSR count). The number of carbonyl (C=O) groups excluding carboxylic acids is 1. The van der Waals surface area contributed by atoms with Crippen molar-refractivity contribution in [3.05, 3.63) is 24.4 Å². The summed E-state index contributed by atoms with van der Waals surface area (Å²) in [7, 11) is 0. The monoisotopic (exact) mass is 356 g/mol. The Morgan fingerprint density at radius 1 is 1.15 bits per heavy atom. The van der Waals surface area contributed by atoms with Crippen LogP contribution in [0.5, 0.6) is 0 Å². The van der Waals surface area contributed by atoms with E-state index in [9.17, 15) is 4.79 Å². The van der Waals surface area contributed by atoms with Crippen LogP contribution in [0, 0.1) is 5.92 Å². The molecule has 2 fully saturated rings. The number of fused-ring (bicyclic) bond motifs is 1. The molecule has 0 aromatic carbocycles. The Morgan fingerprint density at radius 2 is 2.00 bits per heavy atom. The summed E-state index contributed by atoms with van der Waals surface area (Å²) in [5.74, 6) is 1.24. The molecule has 0 spiro atoms. The average Bonchev–Trinajstić information content (AvgIpc) is 3.13. The van der Waals surface area contributed by atoms with Gasteiger partial charge in [-0.25, -0.2) is 0 Å². The van der Waals surface area contributed by atoms with Gasteiger partial charge in [0.05, 0.1) is 5.92 Å². The van der Waals surface area contributed by atoms with Crippen LogP contribution in [0.25, 0.3) is 5.65 Å². The first-order valence-corrected chi connectivity index (χ1v) is 9.82. The van der Waals surface area contributed by atoms with Crippen LogP contribution < -0.4 is 4.90 Å². The summed E-state index contributed by atoms with van der Waals surface area (Å²) in [5.41, 5.74) is 0.850. The molecular formula is C19H28N6O. The van der Waals surface area contributed by atoms with Crippen molar-refractivity contribution in [2.75, 3.05) is 50.7 Å². The number of pyridine rings is 1. The second kappa shape index (κ2) is 7.61. The van der Waals surface area contributed by atoms with Crippen molar-refractivity contribution >= 4 is 17.5 Å². The lowest BCUT2D eigenvalue weighted by Gasteiger charge is -2.39. The summed E-state index contributed by atoms with van der Waals surface area (Å²) in [4.78, 5) is 19.8. The maximum atomic E-state index is 13.0. The van der Waals surface area contributed by atoms with E-state index >= 15 is 0 Å². The molecule has 2 saturated heterocycles. The van der Waals surface area contributed by atoms with Crippen LogP contribution in [-0.4, -0.2) is 76.1 Å². The number of hydrogen-bond donors (Lipinski definition) is 0. The van der Waals surface area contributed by atoms with E-state index < -0.39 is 0 Å². The molecule has 0 N–H and O–H groups in total. The minimum Gasteiger partial charge on any atom is -0.340 e. The SMILES string of the molecule is CCCN1CCN(C(=O)[C@@H]2CCCN(c3nnc4ccccn34)C2)CC1. The van der Waals surface area contributed by atoms with E-state index in [0.717, 1.165) is 70.3 Å². The summed E-state index contributed by atoms with van der Waals surface area (Å²) < 4.78 is 2.01. The molecule has 0 bridgehead atoms. The molecule has 2 aromatic rings. The normalized spacial score (nSPS) is 22.1. The topological polar surface area (TPSA) is 57.0 Å². The molecule has 2 aliphatic rings. The molecule has 0 unspecified atom stereocenters. The number of hydrogen-bond acceptors (Lipinski definition) is 5. The molecule has 2 aromatic heterocycles. The van der Waals surface area contributed by atoms with Crippen LogP contribution in [0.15, 0.2) is 24.4 Å². The van der Waals surface area contributed by atoms with Crippen LogP contribution in [0.4, 0.5) is 5.95 Å². The Balaban J connectivity index is 1.41. The Morgan fingerprint density at radius 3 is 2.81 bits per heavy atom. The summed E-state index contributed by atoms with van der Waals surface area (Å²) >= 11 is 0. The minimum absolute atomic E-state index is 0.0672. The van der Waals surface area contributed by atoms with E-state index in [4.69, 9.17) is 0 Å². The maximum absolute atomic E-state index is 13.0. The smallest absolute Gasteiger partial charge is 0.231 e. The number of aromatic nitrogens is 3. The van der Waals surface area contributed by atoms with Gasteiger partial charge in [-0.15, -0.1) is 10.2 Å². The van der Waals surface area contributed by atoms with Gasteiger partial charge in [0.2, 0.25) is 11.9 Å². The molecule has 7 heteroatoms. The van der Waals surface area contributed by atoms with Gasteiger partial charge >= 0.3 is 0 Å². The molecular weight excluding hydrogens is 328 g/mol. The molecule has 0 radical (unpaired) electrons. The maximum Gasteiger partial charge on any atom is 0.231 e. The number of anilines is 1. The first kappa shape index (κ1) is 17.3. The molecule has 140 valence electrons. The second-order valence-electron chi connectivity index (χ2n) is 7.38. The predicted molar refractivity (Wildman–Crippen MR) is 101 cm³/mol. The third kappa shape index (κ3) is 3.40. The van der Waals surface area contributed by atoms with Crippen molar-refractivity contribution in [3.8, 4) is 0 Å². The van der Waals surface area contributed by atoms with Gasteiger partial charge in [-0.1, -0.05) is 13.0 Å². The van der Waals surface area contributed by atoms with Crippen LogP contribution in [0.2, 0.25) is 0 Å². The lowest BCUT2D eigenvalue weighted by Crippen LogP contribution is -2.52. The Bertz CT molecular complexity index is 751. The van der Waals surface area contributed by atoms with Crippen molar-refractivity contribution in [1.29, 1.82) is 0 Å². The van der Waals surface area contributed by atoms with Crippen molar-refractivity contribution < 1.29 is 4.79 Å². The lowest BCUT2D eigenvalue weighted by atomic mass is 9.96. The number of carbonyl (C=O) groups is 1. The van der Waals surface area contributed by atoms with Gasteiger partial charge in [-0.05, 0) is 37.9 Å². The Kier molecular flexibility index (Phi) is 5.06. The van der Waals surface area contributed by atoms with Gasteiger partial charge in [0, 0.05) is 45.5 Å². The standard InChI is InChI=1S/C19H28N6O/c1-2-8-22-11-13-23(14-12-22)18(26)16-6-5-9-24(15-16)19-21-20-17-7-3-4-10-25(17)19/h3-4,7,10,16H,2,5-6,8-9,11-15H2,1H3/t16-/m1/s1. The van der Waals surface area contributed by atoms with Crippen molar-refractivity contribution in [3.63, 3.8) is 0 Å². The molecule has 0 saturated carbocycles. The molecule has 7 nitrogen and oxygen atoms in total. The highest BCUT2D eigenvalue weighted by Crippen LogP contribution is 2.24. The van der Waals surface area contributed by atoms with E-state index in [2.05, 4.69) is 31.8 Å². The zero-order valence-corrected chi connectivity index (χ0v) is 15.5. The van der Waals surface area contributed by atoms with Crippen LogP contribution in [0.1, 0.15) is 26.2 Å². The van der Waals surface area contributed by atoms with Gasteiger partial charge < -0.3 is 9.80 Å².